The van der Waals surface area contributed by atoms with Gasteiger partial charge >= 0.3 is 7.82 Å². The van der Waals surface area contributed by atoms with E-state index in [1.807, 2.05) is 34.1 Å². The number of nitrogens with one attached hydrogen (secondary N) is 1. The van der Waals surface area contributed by atoms with E-state index in [2.05, 4.69) is 60.8 Å². The minimum Gasteiger partial charge on any atom is -0.393 e. The van der Waals surface area contributed by atoms with Crippen molar-refractivity contribution < 1.29 is 38.0 Å². The van der Waals surface area contributed by atoms with Crippen LogP contribution in [-0.2, 0) is 18.4 Å². The number of unbranched alkanes of at least 4 members (excludes halogenated alkanes) is 11. The number of allylic oxidation sites excluding steroid dienone is 9. The summed E-state index contributed by atoms with van der Waals surface area (Å²) in [6.07, 6.45) is 38.5. The molecule has 51 heavy (non-hydrogen) atoms. The smallest absolute Gasteiger partial charge is 0.393 e. The van der Waals surface area contributed by atoms with Crippen molar-refractivity contribution in [3.8, 4) is 0 Å². The highest BCUT2D eigenvalue weighted by atomic mass is 31.2. The molecule has 296 valence electrons. The van der Waals surface area contributed by atoms with Gasteiger partial charge in [0.2, 0.25) is 5.91 Å². The lowest BCUT2D eigenvalue weighted by Crippen LogP contribution is -2.45. The van der Waals surface area contributed by atoms with E-state index in [9.17, 15) is 24.5 Å². The van der Waals surface area contributed by atoms with E-state index in [4.69, 9.17) is 9.05 Å². The van der Waals surface area contributed by atoms with Gasteiger partial charge in [-0.25, -0.2) is 4.57 Å². The van der Waals surface area contributed by atoms with E-state index in [0.29, 0.717) is 17.4 Å². The molecule has 0 aliphatic heterocycles. The molecule has 10 heteroatoms. The van der Waals surface area contributed by atoms with E-state index in [1.54, 1.807) is 6.08 Å². The van der Waals surface area contributed by atoms with E-state index in [0.717, 1.165) is 64.2 Å². The third-order valence-corrected chi connectivity index (χ3v) is 9.23. The van der Waals surface area contributed by atoms with E-state index in [-0.39, 0.29) is 31.6 Å². The molecular formula is C41H76N2O7P+. The van der Waals surface area contributed by atoms with Gasteiger partial charge in [0.25, 0.3) is 0 Å². The molecule has 0 heterocycles. The Kier molecular flexibility index (Phi) is 31.6. The summed E-state index contributed by atoms with van der Waals surface area (Å²) in [5.41, 5.74) is 0. The van der Waals surface area contributed by atoms with Gasteiger partial charge in [-0.1, -0.05) is 119 Å². The summed E-state index contributed by atoms with van der Waals surface area (Å²) < 4.78 is 23.4. The zero-order valence-electron chi connectivity index (χ0n) is 32.9. The van der Waals surface area contributed by atoms with Crippen molar-refractivity contribution >= 4 is 13.7 Å². The van der Waals surface area contributed by atoms with Crippen LogP contribution in [0.3, 0.4) is 0 Å². The predicted octanol–water partition coefficient (Wildman–Crippen LogP) is 9.27. The van der Waals surface area contributed by atoms with Crippen molar-refractivity contribution in [3.05, 3.63) is 60.8 Å². The molecule has 0 aromatic heterocycles. The lowest BCUT2D eigenvalue weighted by atomic mass is 10.1. The van der Waals surface area contributed by atoms with Crippen LogP contribution in [0.5, 0.6) is 0 Å². The van der Waals surface area contributed by atoms with Crippen molar-refractivity contribution in [3.63, 3.8) is 0 Å². The number of amides is 1. The highest BCUT2D eigenvalue weighted by Gasteiger charge is 2.27. The number of carbonyl (C=O) groups excluding carboxylic acids is 1. The molecule has 0 rings (SSSR count). The van der Waals surface area contributed by atoms with Gasteiger partial charge < -0.3 is 24.9 Å². The Hall–Kier alpha value is -1.84. The number of phosphoric ester groups is 1. The van der Waals surface area contributed by atoms with Crippen molar-refractivity contribution in [2.45, 2.75) is 154 Å². The molecule has 4 N–H and O–H groups in total. The van der Waals surface area contributed by atoms with Crippen LogP contribution in [0.1, 0.15) is 136 Å². The Morgan fingerprint density at radius 3 is 1.78 bits per heavy atom. The molecule has 0 saturated carbocycles. The van der Waals surface area contributed by atoms with Crippen molar-refractivity contribution in [2.75, 3.05) is 40.9 Å². The molecule has 0 fully saturated rings. The Bertz CT molecular complexity index is 1030. The van der Waals surface area contributed by atoms with Crippen LogP contribution in [-0.4, -0.2) is 84.6 Å². The van der Waals surface area contributed by atoms with Gasteiger partial charge in [0.1, 0.15) is 13.2 Å². The second-order valence-electron chi connectivity index (χ2n) is 14.6. The van der Waals surface area contributed by atoms with Crippen LogP contribution in [0.15, 0.2) is 60.8 Å². The lowest BCUT2D eigenvalue weighted by Gasteiger charge is -2.25. The number of nitrogens with zero attached hydrogens (tertiary/aromatic N) is 1. The van der Waals surface area contributed by atoms with Gasteiger partial charge in [-0.2, -0.15) is 0 Å². The molecule has 0 aliphatic rings. The quantitative estimate of drug-likeness (QED) is 0.0224. The maximum absolute atomic E-state index is 12.8. The van der Waals surface area contributed by atoms with Gasteiger partial charge in [0.15, 0.2) is 0 Å². The van der Waals surface area contributed by atoms with Gasteiger partial charge in [-0.3, -0.25) is 13.8 Å². The fourth-order valence-corrected chi connectivity index (χ4v) is 5.79. The van der Waals surface area contributed by atoms with E-state index in [1.165, 1.54) is 44.9 Å². The average Bonchev–Trinajstić information content (AvgIpc) is 3.06. The summed E-state index contributed by atoms with van der Waals surface area (Å²) >= 11 is 0. The zero-order chi connectivity index (χ0) is 38.1. The van der Waals surface area contributed by atoms with Crippen LogP contribution < -0.4 is 5.32 Å². The molecule has 0 aromatic rings. The summed E-state index contributed by atoms with van der Waals surface area (Å²) in [6.45, 7) is 4.27. The average molecular weight is 740 g/mol. The number of phosphoric acid groups is 1. The first-order valence-corrected chi connectivity index (χ1v) is 21.2. The molecule has 0 aromatic carbocycles. The van der Waals surface area contributed by atoms with Crippen LogP contribution >= 0.6 is 7.82 Å². The number of carbonyl (C=O) groups is 1. The van der Waals surface area contributed by atoms with Crippen LogP contribution in [0.25, 0.3) is 0 Å². The summed E-state index contributed by atoms with van der Waals surface area (Å²) in [6, 6.07) is -0.883. The van der Waals surface area contributed by atoms with E-state index >= 15 is 0 Å². The summed E-state index contributed by atoms with van der Waals surface area (Å²) in [4.78, 5) is 23.0. The number of aliphatic hydroxyl groups excluding tert-OH is 2. The first-order chi connectivity index (χ1) is 24.4. The maximum Gasteiger partial charge on any atom is 0.472 e. The van der Waals surface area contributed by atoms with Gasteiger partial charge in [-0.15, -0.1) is 0 Å². The van der Waals surface area contributed by atoms with Crippen molar-refractivity contribution in [1.29, 1.82) is 0 Å². The maximum atomic E-state index is 12.8. The number of rotatable bonds is 34. The normalized spacial score (nSPS) is 15.8. The minimum absolute atomic E-state index is 0.0427. The Morgan fingerprint density at radius 2 is 1.24 bits per heavy atom. The zero-order valence-corrected chi connectivity index (χ0v) is 33.8. The predicted molar refractivity (Wildman–Crippen MR) is 213 cm³/mol. The number of likely N-dealkylation sites (N-methyl/N-ethyl adjacent to an activating group) is 1. The molecule has 0 bridgehead atoms. The second-order valence-corrected chi connectivity index (χ2v) is 16.0. The molecule has 4 atom stereocenters. The van der Waals surface area contributed by atoms with Gasteiger partial charge in [0, 0.05) is 6.42 Å². The van der Waals surface area contributed by atoms with Crippen molar-refractivity contribution in [1.82, 2.24) is 5.32 Å². The topological polar surface area (TPSA) is 125 Å². The molecule has 0 aliphatic carbocycles. The van der Waals surface area contributed by atoms with Crippen LogP contribution in [0.2, 0.25) is 0 Å². The molecule has 0 saturated heterocycles. The monoisotopic (exact) mass is 740 g/mol. The highest BCUT2D eigenvalue weighted by Crippen LogP contribution is 2.43. The lowest BCUT2D eigenvalue weighted by molar-refractivity contribution is -0.870. The molecule has 0 spiro atoms. The fourth-order valence-electron chi connectivity index (χ4n) is 5.05. The molecular weight excluding hydrogens is 663 g/mol. The fraction of sp³-hybridized carbons (Fsp3) is 0.732. The number of hydrogen-bond donors (Lipinski definition) is 4. The van der Waals surface area contributed by atoms with Crippen molar-refractivity contribution in [2.24, 2.45) is 0 Å². The number of quaternary nitrogens is 1. The Labute approximate surface area is 312 Å². The first-order valence-electron chi connectivity index (χ1n) is 19.7. The SMILES string of the molecule is CCCCCCCCCCC/C=C/[C@@H](O)[C@H](COP(=O)(O)OCC[N+](C)(C)C)NC(=O)CCC/C=C\C/C=C\C/C=C\C/C=C\CCC[C@H](C)O. The van der Waals surface area contributed by atoms with Gasteiger partial charge in [0.05, 0.1) is 46.0 Å². The minimum atomic E-state index is -4.35. The molecule has 1 unspecified atom stereocenters. The number of aliphatic hydroxyl groups is 2. The molecule has 0 radical (unpaired) electrons. The highest BCUT2D eigenvalue weighted by molar-refractivity contribution is 7.47. The standard InChI is InChI=1S/C41H75N2O7P/c1-6-7-8-9-10-11-17-21-24-27-30-33-40(45)39(37-50-51(47,48)49-36-35-43(3,4)5)42-41(46)34-31-28-25-22-19-16-14-12-13-15-18-20-23-26-29-32-38(2)44/h13-16,20,22-23,25,30,33,38-40,44-45H,6-12,17-19,21,24,26-29,31-32,34-37H2,1-5H3,(H-,42,46,47,48)/p+1/b15-13-,16-14-,23-20-,25-22-,33-30+/t38-,39-,40+/m0/s1. The Morgan fingerprint density at radius 1 is 0.725 bits per heavy atom. The molecule has 1 amide bonds. The second kappa shape index (κ2) is 32.8. The summed E-state index contributed by atoms with van der Waals surface area (Å²) in [5, 5.41) is 23.0. The number of hydrogen-bond acceptors (Lipinski definition) is 6. The summed E-state index contributed by atoms with van der Waals surface area (Å²) in [7, 11) is 1.50. The first kappa shape index (κ1) is 49.2. The third kappa shape index (κ3) is 36.3. The molecule has 9 nitrogen and oxygen atoms in total. The van der Waals surface area contributed by atoms with Crippen LogP contribution in [0.4, 0.5) is 0 Å². The Balaban J connectivity index is 4.61. The van der Waals surface area contributed by atoms with Crippen LogP contribution in [0, 0.1) is 0 Å². The third-order valence-electron chi connectivity index (χ3n) is 8.25. The largest absolute Gasteiger partial charge is 0.472 e. The van der Waals surface area contributed by atoms with E-state index < -0.39 is 20.0 Å². The van der Waals surface area contributed by atoms with Gasteiger partial charge in [-0.05, 0) is 71.1 Å². The summed E-state index contributed by atoms with van der Waals surface area (Å²) in [5.74, 6) is -0.247.